The standard InChI is InChI=1S/C20H23ClN2O3/c1-4-25-17-8-9-19(18(21)11-17)26-20-10-7-16(13-23-20)6-5-14(2)12-22-15(3)24/h5-11,13-14H,4,12H2,1-3H3,(H,22,24)/b6-5+. The molecule has 138 valence electrons. The molecule has 1 aromatic carbocycles. The summed E-state index contributed by atoms with van der Waals surface area (Å²) < 4.78 is 11.1. The number of hydrogen-bond acceptors (Lipinski definition) is 4. The van der Waals surface area contributed by atoms with Crippen LogP contribution in [0.5, 0.6) is 17.4 Å². The van der Waals surface area contributed by atoms with Crippen molar-refractivity contribution in [1.29, 1.82) is 0 Å². The average molecular weight is 375 g/mol. The van der Waals surface area contributed by atoms with E-state index in [4.69, 9.17) is 21.1 Å². The largest absolute Gasteiger partial charge is 0.494 e. The highest BCUT2D eigenvalue weighted by Crippen LogP contribution is 2.31. The third-order valence-electron chi connectivity index (χ3n) is 3.48. The number of nitrogens with one attached hydrogen (secondary N) is 1. The summed E-state index contributed by atoms with van der Waals surface area (Å²) in [5.74, 6) is 1.89. The Balaban J connectivity index is 1.96. The highest BCUT2D eigenvalue weighted by Gasteiger charge is 2.06. The molecule has 0 bridgehead atoms. The minimum absolute atomic E-state index is 0.0265. The van der Waals surface area contributed by atoms with Crippen LogP contribution in [0.1, 0.15) is 26.3 Å². The van der Waals surface area contributed by atoms with E-state index in [1.54, 1.807) is 30.5 Å². The van der Waals surface area contributed by atoms with Crippen LogP contribution >= 0.6 is 11.6 Å². The second-order valence-electron chi connectivity index (χ2n) is 5.83. The lowest BCUT2D eigenvalue weighted by Crippen LogP contribution is -2.24. The fourth-order valence-corrected chi connectivity index (χ4v) is 2.34. The van der Waals surface area contributed by atoms with Crippen molar-refractivity contribution >= 4 is 23.6 Å². The number of rotatable bonds is 8. The monoisotopic (exact) mass is 374 g/mol. The lowest BCUT2D eigenvalue weighted by molar-refractivity contribution is -0.119. The molecule has 1 aromatic heterocycles. The van der Waals surface area contributed by atoms with Crippen molar-refractivity contribution in [3.63, 3.8) is 0 Å². The molecule has 1 N–H and O–H groups in total. The van der Waals surface area contributed by atoms with Crippen molar-refractivity contribution in [2.75, 3.05) is 13.2 Å². The molecular weight excluding hydrogens is 352 g/mol. The maximum absolute atomic E-state index is 10.9. The summed E-state index contributed by atoms with van der Waals surface area (Å²) in [7, 11) is 0. The lowest BCUT2D eigenvalue weighted by Gasteiger charge is -2.09. The van der Waals surface area contributed by atoms with Gasteiger partial charge in [0.15, 0.2) is 0 Å². The van der Waals surface area contributed by atoms with E-state index < -0.39 is 0 Å². The van der Waals surface area contributed by atoms with E-state index in [0.29, 0.717) is 35.6 Å². The number of nitrogens with zero attached hydrogens (tertiary/aromatic N) is 1. The van der Waals surface area contributed by atoms with E-state index in [-0.39, 0.29) is 11.8 Å². The summed E-state index contributed by atoms with van der Waals surface area (Å²) in [5, 5.41) is 3.25. The number of benzene rings is 1. The first-order valence-electron chi connectivity index (χ1n) is 8.46. The zero-order chi connectivity index (χ0) is 18.9. The van der Waals surface area contributed by atoms with Gasteiger partial charge in [-0.15, -0.1) is 0 Å². The summed E-state index contributed by atoms with van der Waals surface area (Å²) in [4.78, 5) is 15.2. The number of hydrogen-bond donors (Lipinski definition) is 1. The van der Waals surface area contributed by atoms with Gasteiger partial charge in [0.25, 0.3) is 0 Å². The van der Waals surface area contributed by atoms with Crippen LogP contribution in [-0.2, 0) is 4.79 Å². The van der Waals surface area contributed by atoms with E-state index in [9.17, 15) is 4.79 Å². The lowest BCUT2D eigenvalue weighted by atomic mass is 10.1. The van der Waals surface area contributed by atoms with Gasteiger partial charge in [0.1, 0.15) is 11.5 Å². The predicted octanol–water partition coefficient (Wildman–Crippen LogP) is 4.71. The van der Waals surface area contributed by atoms with Crippen LogP contribution in [0.2, 0.25) is 5.02 Å². The molecule has 1 heterocycles. The zero-order valence-corrected chi connectivity index (χ0v) is 15.9. The van der Waals surface area contributed by atoms with E-state index in [1.165, 1.54) is 6.92 Å². The minimum Gasteiger partial charge on any atom is -0.494 e. The van der Waals surface area contributed by atoms with Gasteiger partial charge in [-0.3, -0.25) is 4.79 Å². The Bertz CT molecular complexity index is 760. The summed E-state index contributed by atoms with van der Waals surface area (Å²) >= 11 is 6.21. The Kier molecular flexibility index (Phi) is 7.48. The number of carbonyl (C=O) groups is 1. The van der Waals surface area contributed by atoms with E-state index >= 15 is 0 Å². The van der Waals surface area contributed by atoms with Crippen LogP contribution in [0.15, 0.2) is 42.6 Å². The molecule has 1 atom stereocenters. The maximum atomic E-state index is 10.9. The highest BCUT2D eigenvalue weighted by molar-refractivity contribution is 6.32. The molecule has 5 nitrogen and oxygen atoms in total. The summed E-state index contributed by atoms with van der Waals surface area (Å²) in [6.07, 6.45) is 5.71. The Hall–Kier alpha value is -2.53. The molecular formula is C20H23ClN2O3. The van der Waals surface area contributed by atoms with Crippen LogP contribution in [0.25, 0.3) is 6.08 Å². The van der Waals surface area contributed by atoms with Crippen LogP contribution in [0, 0.1) is 5.92 Å². The Labute approximate surface area is 159 Å². The Morgan fingerprint density at radius 3 is 2.77 bits per heavy atom. The quantitative estimate of drug-likeness (QED) is 0.726. The summed E-state index contributed by atoms with van der Waals surface area (Å²) in [5.41, 5.74) is 0.949. The normalized spacial score (nSPS) is 12.0. The van der Waals surface area contributed by atoms with Crippen molar-refractivity contribution in [3.05, 3.63) is 53.2 Å². The van der Waals surface area contributed by atoms with E-state index in [0.717, 1.165) is 5.56 Å². The molecule has 0 spiro atoms. The maximum Gasteiger partial charge on any atom is 0.219 e. The number of amides is 1. The third-order valence-corrected chi connectivity index (χ3v) is 3.77. The number of halogens is 1. The first-order valence-corrected chi connectivity index (χ1v) is 8.84. The van der Waals surface area contributed by atoms with Gasteiger partial charge in [-0.25, -0.2) is 4.98 Å². The number of carbonyl (C=O) groups excluding carboxylic acids is 1. The van der Waals surface area contributed by atoms with Crippen molar-refractivity contribution in [3.8, 4) is 17.4 Å². The van der Waals surface area contributed by atoms with Crippen LogP contribution in [0.3, 0.4) is 0 Å². The van der Waals surface area contributed by atoms with Crippen molar-refractivity contribution in [2.24, 2.45) is 5.92 Å². The highest BCUT2D eigenvalue weighted by atomic mass is 35.5. The smallest absolute Gasteiger partial charge is 0.219 e. The van der Waals surface area contributed by atoms with Crippen molar-refractivity contribution < 1.29 is 14.3 Å². The zero-order valence-electron chi connectivity index (χ0n) is 15.2. The van der Waals surface area contributed by atoms with Gasteiger partial charge in [-0.05, 0) is 36.6 Å². The summed E-state index contributed by atoms with van der Waals surface area (Å²) in [6.45, 7) is 6.65. The van der Waals surface area contributed by atoms with Crippen LogP contribution in [-0.4, -0.2) is 24.0 Å². The van der Waals surface area contributed by atoms with Crippen LogP contribution < -0.4 is 14.8 Å². The molecule has 0 saturated carbocycles. The first kappa shape index (κ1) is 19.8. The van der Waals surface area contributed by atoms with Gasteiger partial charge in [-0.1, -0.05) is 30.7 Å². The van der Waals surface area contributed by atoms with E-state index in [2.05, 4.69) is 10.3 Å². The molecule has 6 heteroatoms. The van der Waals surface area contributed by atoms with Crippen molar-refractivity contribution in [2.45, 2.75) is 20.8 Å². The molecule has 0 aliphatic rings. The molecule has 1 unspecified atom stereocenters. The van der Waals surface area contributed by atoms with Gasteiger partial charge in [0.2, 0.25) is 11.8 Å². The third kappa shape index (κ3) is 6.41. The van der Waals surface area contributed by atoms with Gasteiger partial charge in [0, 0.05) is 31.8 Å². The van der Waals surface area contributed by atoms with E-state index in [1.807, 2.05) is 32.1 Å². The first-order chi connectivity index (χ1) is 12.5. The fourth-order valence-electron chi connectivity index (χ4n) is 2.13. The van der Waals surface area contributed by atoms with Crippen molar-refractivity contribution in [1.82, 2.24) is 10.3 Å². The molecule has 0 aliphatic carbocycles. The van der Waals surface area contributed by atoms with Gasteiger partial charge in [0.05, 0.1) is 11.6 Å². The van der Waals surface area contributed by atoms with Gasteiger partial charge < -0.3 is 14.8 Å². The topological polar surface area (TPSA) is 60.5 Å². The van der Waals surface area contributed by atoms with Gasteiger partial charge >= 0.3 is 0 Å². The average Bonchev–Trinajstić information content (AvgIpc) is 2.62. The second-order valence-corrected chi connectivity index (χ2v) is 6.24. The molecule has 2 aromatic rings. The number of aromatic nitrogens is 1. The number of pyridine rings is 1. The van der Waals surface area contributed by atoms with Crippen LogP contribution in [0.4, 0.5) is 0 Å². The Morgan fingerprint density at radius 2 is 2.15 bits per heavy atom. The molecule has 26 heavy (non-hydrogen) atoms. The Morgan fingerprint density at radius 1 is 1.35 bits per heavy atom. The second kappa shape index (κ2) is 9.82. The molecule has 0 saturated heterocycles. The molecule has 0 aliphatic heterocycles. The minimum atomic E-state index is -0.0265. The fraction of sp³-hybridized carbons (Fsp3) is 0.300. The molecule has 0 fully saturated rings. The number of ether oxygens (including phenoxy) is 2. The summed E-state index contributed by atoms with van der Waals surface area (Å²) in [6, 6.07) is 8.97. The molecule has 2 rings (SSSR count). The SMILES string of the molecule is CCOc1ccc(Oc2ccc(/C=C/C(C)CNC(C)=O)cn2)c(Cl)c1. The van der Waals surface area contributed by atoms with Gasteiger partial charge in [-0.2, -0.15) is 0 Å². The molecule has 1 amide bonds. The molecule has 0 radical (unpaired) electrons. The predicted molar refractivity (Wildman–Crippen MR) is 104 cm³/mol.